The van der Waals surface area contributed by atoms with Crippen LogP contribution in [0.25, 0.3) is 57.6 Å². The summed E-state index contributed by atoms with van der Waals surface area (Å²) in [6.07, 6.45) is 10.6. The summed E-state index contributed by atoms with van der Waals surface area (Å²) in [5.41, 5.74) is 5.81. The van der Waals surface area contributed by atoms with E-state index in [4.69, 9.17) is 0 Å². The number of nitrogens with zero attached hydrogens (tertiary/aromatic N) is 1. The van der Waals surface area contributed by atoms with Crippen molar-refractivity contribution in [1.29, 1.82) is 0 Å². The fourth-order valence-electron chi connectivity index (χ4n) is 4.93. The molecule has 154 valence electrons. The third-order valence-electron chi connectivity index (χ3n) is 6.25. The lowest BCUT2D eigenvalue weighted by atomic mass is 9.98. The van der Waals surface area contributed by atoms with E-state index in [1.165, 1.54) is 48.5 Å². The van der Waals surface area contributed by atoms with Crippen LogP contribution in [0, 0.1) is 6.92 Å². The first-order valence-electron chi connectivity index (χ1n) is 10.8. The lowest BCUT2D eigenvalue weighted by Crippen LogP contribution is -2.33. The van der Waals surface area contributed by atoms with Crippen LogP contribution >= 0.6 is 0 Å². The van der Waals surface area contributed by atoms with Crippen molar-refractivity contribution in [2.75, 3.05) is 0 Å². The van der Waals surface area contributed by atoms with Crippen LogP contribution in [-0.4, -0.2) is 4.40 Å². The molecule has 0 N–H and O–H groups in total. The maximum absolute atomic E-state index is 4.19. The third kappa shape index (κ3) is 3.00. The summed E-state index contributed by atoms with van der Waals surface area (Å²) in [5, 5.41) is 7.30. The van der Waals surface area contributed by atoms with Gasteiger partial charge in [-0.1, -0.05) is 86.0 Å². The Morgan fingerprint density at radius 1 is 0.677 bits per heavy atom. The van der Waals surface area contributed by atoms with Gasteiger partial charge in [0.1, 0.15) is 0 Å². The zero-order chi connectivity index (χ0) is 22.1. The van der Waals surface area contributed by atoms with Gasteiger partial charge in [0, 0.05) is 21.2 Å². The van der Waals surface area contributed by atoms with Crippen LogP contribution in [0.1, 0.15) is 37.5 Å². The summed E-state index contributed by atoms with van der Waals surface area (Å²) in [4.78, 5) is 0. The monoisotopic (exact) mass is 403 g/mol. The van der Waals surface area contributed by atoms with Gasteiger partial charge in [0.25, 0.3) is 0 Å². The molecule has 0 amide bonds. The molecule has 0 aliphatic rings. The third-order valence-corrected chi connectivity index (χ3v) is 6.25. The van der Waals surface area contributed by atoms with Gasteiger partial charge in [-0.2, -0.15) is 0 Å². The standard InChI is InChI=1S/C30H29N/c1-7-21-20(6)30-24(10-4)23(9-3)28(11-5)31(30)29-19-15-14-18-27(29)26-17-13-12-16-25(26)22(21)8-2/h7-19H,1-2H2,3-6H3/b22-21?,23-9-,24-10-,28-11+,30-20?. The number of fused-ring (bicyclic) bond motifs is 5. The molecule has 2 aromatic carbocycles. The van der Waals surface area contributed by atoms with E-state index in [1.807, 2.05) is 12.2 Å². The van der Waals surface area contributed by atoms with Crippen molar-refractivity contribution in [3.05, 3.63) is 94.2 Å². The highest BCUT2D eigenvalue weighted by Crippen LogP contribution is 2.29. The van der Waals surface area contributed by atoms with Crippen LogP contribution in [0.5, 0.6) is 0 Å². The molecule has 0 aliphatic heterocycles. The molecular formula is C30H29N. The lowest BCUT2D eigenvalue weighted by Gasteiger charge is -2.06. The highest BCUT2D eigenvalue weighted by Gasteiger charge is 2.12. The van der Waals surface area contributed by atoms with E-state index in [0.29, 0.717) is 0 Å². The molecule has 2 aromatic heterocycles. The molecular weight excluding hydrogens is 374 g/mol. The molecule has 0 saturated carbocycles. The molecule has 0 saturated heterocycles. The Morgan fingerprint density at radius 2 is 1.26 bits per heavy atom. The second kappa shape index (κ2) is 8.28. The first kappa shape index (κ1) is 20.7. The fraction of sp³-hybridized carbons (Fsp3) is 0.133. The number of rotatable bonds is 2. The predicted molar refractivity (Wildman–Crippen MR) is 140 cm³/mol. The Hall–Kier alpha value is -3.58. The summed E-state index contributed by atoms with van der Waals surface area (Å²) in [7, 11) is 0. The Morgan fingerprint density at radius 3 is 1.84 bits per heavy atom. The van der Waals surface area contributed by atoms with Crippen LogP contribution in [0.4, 0.5) is 0 Å². The zero-order valence-electron chi connectivity index (χ0n) is 18.9. The minimum Gasteiger partial charge on any atom is -0.309 e. The van der Waals surface area contributed by atoms with Gasteiger partial charge in [-0.05, 0) is 61.2 Å². The summed E-state index contributed by atoms with van der Waals surface area (Å²) < 4.78 is 2.42. The van der Waals surface area contributed by atoms with Gasteiger partial charge < -0.3 is 4.40 Å². The van der Waals surface area contributed by atoms with Gasteiger partial charge in [-0.25, -0.2) is 0 Å². The Balaban J connectivity index is 2.71. The SMILES string of the molecule is C=Cc1c(C=C)c2ccccc2c2ccccc2n2c(=C/C)/c(=C\C)c(=C/C)/c2c1C. The van der Waals surface area contributed by atoms with Gasteiger partial charge in [0.2, 0.25) is 0 Å². The first-order valence-corrected chi connectivity index (χ1v) is 10.8. The van der Waals surface area contributed by atoms with E-state index >= 15 is 0 Å². The Bertz CT molecular complexity index is 1590. The van der Waals surface area contributed by atoms with Crippen LogP contribution in [0.3, 0.4) is 0 Å². The summed E-state index contributed by atoms with van der Waals surface area (Å²) in [6, 6.07) is 17.3. The van der Waals surface area contributed by atoms with Crippen molar-refractivity contribution in [3.63, 3.8) is 0 Å². The second-order valence-electron chi connectivity index (χ2n) is 7.69. The number of benzene rings is 2. The van der Waals surface area contributed by atoms with Gasteiger partial charge >= 0.3 is 0 Å². The highest BCUT2D eigenvalue weighted by molar-refractivity contribution is 6.08. The van der Waals surface area contributed by atoms with E-state index < -0.39 is 0 Å². The number of hydrogen-bond acceptors (Lipinski definition) is 0. The van der Waals surface area contributed by atoms with Gasteiger partial charge in [-0.3, -0.25) is 0 Å². The quantitative estimate of drug-likeness (QED) is 0.382. The Labute approximate surface area is 184 Å². The Kier molecular flexibility index (Phi) is 5.52. The summed E-state index contributed by atoms with van der Waals surface area (Å²) >= 11 is 0. The van der Waals surface area contributed by atoms with Crippen LogP contribution in [0.2, 0.25) is 0 Å². The van der Waals surface area contributed by atoms with Crippen molar-refractivity contribution >= 4 is 57.6 Å². The lowest BCUT2D eigenvalue weighted by molar-refractivity contribution is 1.19. The number of aryl methyl sites for hydroxylation is 1. The molecule has 31 heavy (non-hydrogen) atoms. The molecule has 0 radical (unpaired) electrons. The number of para-hydroxylation sites is 1. The van der Waals surface area contributed by atoms with Crippen LogP contribution in [0.15, 0.2) is 61.7 Å². The highest BCUT2D eigenvalue weighted by atomic mass is 14.9. The molecule has 4 rings (SSSR count). The maximum Gasteiger partial charge on any atom is 0.0573 e. The average Bonchev–Trinajstić information content (AvgIpc) is 3.15. The van der Waals surface area contributed by atoms with E-state index in [9.17, 15) is 0 Å². The van der Waals surface area contributed by atoms with E-state index in [-0.39, 0.29) is 0 Å². The van der Waals surface area contributed by atoms with Crippen LogP contribution < -0.4 is 15.8 Å². The minimum atomic E-state index is 1.11. The van der Waals surface area contributed by atoms with E-state index in [2.05, 4.69) is 112 Å². The largest absolute Gasteiger partial charge is 0.309 e. The summed E-state index contributed by atoms with van der Waals surface area (Å²) in [6.45, 7) is 16.9. The molecule has 0 fully saturated rings. The van der Waals surface area contributed by atoms with E-state index in [0.717, 1.165) is 11.1 Å². The van der Waals surface area contributed by atoms with Crippen molar-refractivity contribution in [1.82, 2.24) is 4.40 Å². The zero-order valence-corrected chi connectivity index (χ0v) is 18.9. The number of hydrogen-bond donors (Lipinski definition) is 0. The smallest absolute Gasteiger partial charge is 0.0573 e. The summed E-state index contributed by atoms with van der Waals surface area (Å²) in [5.74, 6) is 0. The predicted octanol–water partition coefficient (Wildman–Crippen LogP) is 6.08. The van der Waals surface area contributed by atoms with Crippen molar-refractivity contribution in [2.45, 2.75) is 27.7 Å². The first-order chi connectivity index (χ1) is 15.1. The molecule has 1 heteroatoms. The molecule has 1 nitrogen and oxygen atoms in total. The molecule has 0 atom stereocenters. The van der Waals surface area contributed by atoms with Crippen molar-refractivity contribution in [3.8, 4) is 0 Å². The molecule has 0 aliphatic carbocycles. The van der Waals surface area contributed by atoms with Gasteiger partial charge in [0.15, 0.2) is 0 Å². The van der Waals surface area contributed by atoms with Crippen LogP contribution in [-0.2, 0) is 0 Å². The van der Waals surface area contributed by atoms with Crippen molar-refractivity contribution in [2.24, 2.45) is 0 Å². The molecule has 0 spiro atoms. The van der Waals surface area contributed by atoms with Gasteiger partial charge in [0.05, 0.1) is 11.0 Å². The minimum absolute atomic E-state index is 1.11. The maximum atomic E-state index is 4.19. The second-order valence-corrected chi connectivity index (χ2v) is 7.69. The normalized spacial score (nSPS) is 13.4. The van der Waals surface area contributed by atoms with Gasteiger partial charge in [-0.15, -0.1) is 0 Å². The van der Waals surface area contributed by atoms with Crippen molar-refractivity contribution < 1.29 is 0 Å². The number of aromatic nitrogens is 1. The molecule has 4 aromatic rings. The molecule has 0 unspecified atom stereocenters. The molecule has 0 bridgehead atoms. The van der Waals surface area contributed by atoms with E-state index in [1.54, 1.807) is 0 Å². The average molecular weight is 404 g/mol. The fourth-order valence-corrected chi connectivity index (χ4v) is 4.93. The molecule has 2 heterocycles. The topological polar surface area (TPSA) is 4.41 Å².